The van der Waals surface area contributed by atoms with Crippen molar-refractivity contribution in [3.05, 3.63) is 54.2 Å². The van der Waals surface area contributed by atoms with E-state index in [1.807, 2.05) is 37.3 Å². The van der Waals surface area contributed by atoms with Crippen molar-refractivity contribution in [3.8, 4) is 11.4 Å². The Hall–Kier alpha value is -3.28. The molecule has 1 aromatic heterocycles. The number of aliphatic carboxylic acids is 1. The Morgan fingerprint density at radius 1 is 1.19 bits per heavy atom. The highest BCUT2D eigenvalue weighted by atomic mass is 16.5. The van der Waals surface area contributed by atoms with Gasteiger partial charge in [-0.05, 0) is 68.1 Å². The smallest absolute Gasteiger partial charge is 0.300 e. The molecule has 0 bridgehead atoms. The van der Waals surface area contributed by atoms with Gasteiger partial charge in [0.05, 0.1) is 12.1 Å². The van der Waals surface area contributed by atoms with Crippen LogP contribution in [0.15, 0.2) is 48.7 Å². The zero-order valence-corrected chi connectivity index (χ0v) is 18.9. The fourth-order valence-electron chi connectivity index (χ4n) is 4.34. The van der Waals surface area contributed by atoms with Crippen molar-refractivity contribution in [3.63, 3.8) is 0 Å². The number of nitrogen functional groups attached to an aromatic ring is 1. The molecule has 6 nitrogen and oxygen atoms in total. The van der Waals surface area contributed by atoms with Crippen LogP contribution in [0.1, 0.15) is 57.9 Å². The van der Waals surface area contributed by atoms with Gasteiger partial charge in [-0.15, -0.1) is 0 Å². The molecule has 0 unspecified atom stereocenters. The molecule has 1 saturated carbocycles. The zero-order chi connectivity index (χ0) is 23.1. The van der Waals surface area contributed by atoms with Gasteiger partial charge in [-0.2, -0.15) is 0 Å². The minimum absolute atomic E-state index is 0.638. The SMILES string of the molecule is CC(=O)O.CCOc1ccc2c(c1)c(C(=N)CCC1CCCC1)cn2-c1ccc(N)cc1. The standard InChI is InChI=1S/C24H29N3O.C2H4O2/c1-2-28-20-12-14-24-21(15-20)22(23(26)13-7-17-5-3-4-6-17)16-27(24)19-10-8-18(25)9-11-19;1-2(3)4/h8-12,14-17,26H,2-7,13,25H2,1H3;1H3,(H,3,4). The number of nitrogens with one attached hydrogen (secondary N) is 1. The van der Waals surface area contributed by atoms with Crippen molar-refractivity contribution in [1.29, 1.82) is 5.41 Å². The number of hydrogen-bond donors (Lipinski definition) is 3. The van der Waals surface area contributed by atoms with Crippen LogP contribution in [0.2, 0.25) is 0 Å². The van der Waals surface area contributed by atoms with Gasteiger partial charge < -0.3 is 25.6 Å². The lowest BCUT2D eigenvalue weighted by Crippen LogP contribution is -2.03. The van der Waals surface area contributed by atoms with E-state index in [4.69, 9.17) is 25.8 Å². The Balaban J connectivity index is 0.000000668. The second-order valence-electron chi connectivity index (χ2n) is 8.30. The molecule has 0 amide bonds. The molecule has 1 heterocycles. The fraction of sp³-hybridized carbons (Fsp3) is 0.385. The van der Waals surface area contributed by atoms with Gasteiger partial charge in [0.1, 0.15) is 5.75 Å². The van der Waals surface area contributed by atoms with Crippen molar-refractivity contribution in [1.82, 2.24) is 4.57 Å². The number of carboxylic acid groups (broad SMARTS) is 1. The molecular weight excluding hydrogens is 402 g/mol. The maximum Gasteiger partial charge on any atom is 0.300 e. The van der Waals surface area contributed by atoms with Crippen LogP contribution >= 0.6 is 0 Å². The fourth-order valence-corrected chi connectivity index (χ4v) is 4.34. The lowest BCUT2D eigenvalue weighted by atomic mass is 9.97. The molecule has 1 aliphatic rings. The second-order valence-corrected chi connectivity index (χ2v) is 8.30. The van der Waals surface area contributed by atoms with Gasteiger partial charge >= 0.3 is 0 Å². The summed E-state index contributed by atoms with van der Waals surface area (Å²) in [6, 6.07) is 14.1. The molecule has 32 heavy (non-hydrogen) atoms. The first-order valence-electron chi connectivity index (χ1n) is 11.3. The topological polar surface area (TPSA) is 101 Å². The number of aromatic nitrogens is 1. The van der Waals surface area contributed by atoms with E-state index in [-0.39, 0.29) is 0 Å². The van der Waals surface area contributed by atoms with Gasteiger partial charge in [0.2, 0.25) is 0 Å². The van der Waals surface area contributed by atoms with E-state index in [2.05, 4.69) is 22.9 Å². The summed E-state index contributed by atoms with van der Waals surface area (Å²) in [5, 5.41) is 17.3. The van der Waals surface area contributed by atoms with Crippen LogP contribution in [-0.4, -0.2) is 28.0 Å². The molecule has 0 spiro atoms. The predicted octanol–water partition coefficient (Wildman–Crippen LogP) is 6.04. The summed E-state index contributed by atoms with van der Waals surface area (Å²) in [7, 11) is 0. The third kappa shape index (κ3) is 5.90. The van der Waals surface area contributed by atoms with Gasteiger partial charge in [0, 0.05) is 41.2 Å². The molecule has 6 heteroatoms. The maximum atomic E-state index is 9.00. The number of carbonyl (C=O) groups is 1. The summed E-state index contributed by atoms with van der Waals surface area (Å²) < 4.78 is 7.88. The average Bonchev–Trinajstić information content (AvgIpc) is 3.40. The highest BCUT2D eigenvalue weighted by Gasteiger charge is 2.18. The van der Waals surface area contributed by atoms with Crippen LogP contribution < -0.4 is 10.5 Å². The van der Waals surface area contributed by atoms with Crippen molar-refractivity contribution in [2.45, 2.75) is 52.4 Å². The molecule has 4 N–H and O–H groups in total. The third-order valence-electron chi connectivity index (χ3n) is 5.86. The highest BCUT2D eigenvalue weighted by Crippen LogP contribution is 2.32. The molecular formula is C26H33N3O3. The number of fused-ring (bicyclic) bond motifs is 1. The minimum Gasteiger partial charge on any atom is -0.494 e. The van der Waals surface area contributed by atoms with E-state index in [0.717, 1.165) is 65.0 Å². The van der Waals surface area contributed by atoms with Crippen molar-refractivity contribution < 1.29 is 14.6 Å². The molecule has 2 aromatic carbocycles. The third-order valence-corrected chi connectivity index (χ3v) is 5.86. The van der Waals surface area contributed by atoms with Gasteiger partial charge in [0.15, 0.2) is 0 Å². The van der Waals surface area contributed by atoms with Crippen LogP contribution in [0.25, 0.3) is 16.6 Å². The molecule has 3 aromatic rings. The van der Waals surface area contributed by atoms with Gasteiger partial charge in [0.25, 0.3) is 5.97 Å². The molecule has 0 atom stereocenters. The summed E-state index contributed by atoms with van der Waals surface area (Å²) in [4.78, 5) is 9.00. The van der Waals surface area contributed by atoms with Gasteiger partial charge in [-0.25, -0.2) is 0 Å². The normalized spacial score (nSPS) is 13.6. The largest absolute Gasteiger partial charge is 0.494 e. The van der Waals surface area contributed by atoms with Crippen LogP contribution in [0.3, 0.4) is 0 Å². The quantitative estimate of drug-likeness (QED) is 0.311. The molecule has 0 saturated heterocycles. The number of anilines is 1. The number of ether oxygens (including phenoxy) is 1. The molecule has 4 rings (SSSR count). The van der Waals surface area contributed by atoms with Crippen molar-refractivity contribution >= 4 is 28.3 Å². The second kappa shape index (κ2) is 10.8. The summed E-state index contributed by atoms with van der Waals surface area (Å²) in [6.45, 7) is 3.72. The average molecular weight is 436 g/mol. The van der Waals surface area contributed by atoms with E-state index in [1.165, 1.54) is 25.7 Å². The highest BCUT2D eigenvalue weighted by molar-refractivity contribution is 6.10. The van der Waals surface area contributed by atoms with Gasteiger partial charge in [-0.1, -0.05) is 25.7 Å². The van der Waals surface area contributed by atoms with Crippen molar-refractivity contribution in [2.24, 2.45) is 5.92 Å². The Labute approximate surface area is 189 Å². The first kappa shape index (κ1) is 23.4. The maximum absolute atomic E-state index is 9.00. The molecule has 170 valence electrons. The number of hydrogen-bond acceptors (Lipinski definition) is 4. The lowest BCUT2D eigenvalue weighted by molar-refractivity contribution is -0.134. The Morgan fingerprint density at radius 3 is 2.47 bits per heavy atom. The van der Waals surface area contributed by atoms with E-state index in [0.29, 0.717) is 6.61 Å². The molecule has 1 fully saturated rings. The summed E-state index contributed by atoms with van der Waals surface area (Å²) in [5.74, 6) is 0.819. The first-order valence-corrected chi connectivity index (χ1v) is 11.3. The van der Waals surface area contributed by atoms with E-state index >= 15 is 0 Å². The number of benzene rings is 2. The molecule has 1 aliphatic carbocycles. The predicted molar refractivity (Wildman–Crippen MR) is 130 cm³/mol. The van der Waals surface area contributed by atoms with Crippen molar-refractivity contribution in [2.75, 3.05) is 12.3 Å². The summed E-state index contributed by atoms with van der Waals surface area (Å²) in [6.07, 6.45) is 9.42. The number of carboxylic acids is 1. The lowest BCUT2D eigenvalue weighted by Gasteiger charge is -2.09. The van der Waals surface area contributed by atoms with Gasteiger partial charge in [-0.3, -0.25) is 4.79 Å². The summed E-state index contributed by atoms with van der Waals surface area (Å²) in [5.41, 5.74) is 10.5. The Morgan fingerprint density at radius 2 is 1.84 bits per heavy atom. The molecule has 0 radical (unpaired) electrons. The van der Waals surface area contributed by atoms with Crippen LogP contribution in [0, 0.1) is 11.3 Å². The zero-order valence-electron chi connectivity index (χ0n) is 18.9. The van der Waals surface area contributed by atoms with E-state index in [1.54, 1.807) is 0 Å². The van der Waals surface area contributed by atoms with Crippen LogP contribution in [0.4, 0.5) is 5.69 Å². The van der Waals surface area contributed by atoms with E-state index < -0.39 is 5.97 Å². The van der Waals surface area contributed by atoms with Crippen LogP contribution in [-0.2, 0) is 4.79 Å². The number of nitrogens with two attached hydrogens (primary N) is 1. The summed E-state index contributed by atoms with van der Waals surface area (Å²) >= 11 is 0. The van der Waals surface area contributed by atoms with E-state index in [9.17, 15) is 0 Å². The van der Waals surface area contributed by atoms with Crippen LogP contribution in [0.5, 0.6) is 5.75 Å². The first-order chi connectivity index (χ1) is 15.4. The number of rotatable bonds is 7. The number of nitrogens with zero attached hydrogens (tertiary/aromatic N) is 1. The molecule has 0 aliphatic heterocycles. The Kier molecular flexibility index (Phi) is 7.92. The monoisotopic (exact) mass is 435 g/mol. The minimum atomic E-state index is -0.833. The Bertz CT molecular complexity index is 1060.